The van der Waals surface area contributed by atoms with Crippen LogP contribution < -0.4 is 4.74 Å². The number of ether oxygens (including phenoxy) is 1. The van der Waals surface area contributed by atoms with E-state index in [9.17, 15) is 9.90 Å². The maximum absolute atomic E-state index is 10.9. The van der Waals surface area contributed by atoms with Crippen LogP contribution in [0.2, 0.25) is 0 Å². The Kier molecular flexibility index (Phi) is 5.27. The monoisotopic (exact) mass is 348 g/mol. The molecule has 0 atom stereocenters. The number of phenolic OH excluding ortho intramolecular Hbond substituents is 1. The number of H-pyrrole nitrogens is 1. The van der Waals surface area contributed by atoms with Crippen molar-refractivity contribution in [1.29, 1.82) is 0 Å². The van der Waals surface area contributed by atoms with E-state index in [0.717, 1.165) is 5.69 Å². The molecule has 0 aliphatic rings. The normalized spacial score (nSPS) is 9.88. The zero-order chi connectivity index (χ0) is 17.7. The molecule has 8 nitrogen and oxygen atoms in total. The van der Waals surface area contributed by atoms with Gasteiger partial charge in [-0.15, -0.1) is 0 Å². The maximum atomic E-state index is 10.9. The molecule has 0 bridgehead atoms. The summed E-state index contributed by atoms with van der Waals surface area (Å²) in [6.07, 6.45) is 1.58. The van der Waals surface area contributed by atoms with Crippen molar-refractivity contribution < 1.29 is 28.2 Å². The molecule has 9 heteroatoms. The van der Waals surface area contributed by atoms with Crippen LogP contribution in [-0.2, 0) is 11.6 Å². The van der Waals surface area contributed by atoms with E-state index < -0.39 is 17.5 Å². The third kappa shape index (κ3) is 3.96. The van der Waals surface area contributed by atoms with Gasteiger partial charge in [0.15, 0.2) is 0 Å². The molecule has 3 N–H and O–H groups in total. The van der Waals surface area contributed by atoms with E-state index in [0.29, 0.717) is 22.4 Å². The molecule has 2 aromatic heterocycles. The molecule has 2 heterocycles. The number of carboxylic acid groups (broad SMARTS) is 1. The average Bonchev–Trinajstić information content (AvgIpc) is 2.95. The number of nitrogens with one attached hydrogen (secondary N) is 1. The van der Waals surface area contributed by atoms with Crippen LogP contribution in [-0.4, -0.2) is 34.6 Å². The second-order valence-electron chi connectivity index (χ2n) is 4.70. The predicted molar refractivity (Wildman–Crippen MR) is 84.9 cm³/mol. The number of aryl methyl sites for hydroxylation is 1. The number of fused-ring (bicyclic) bond motifs is 1. The van der Waals surface area contributed by atoms with Gasteiger partial charge in [-0.25, -0.2) is 4.79 Å². The minimum absolute atomic E-state index is 0.00875. The molecule has 0 aliphatic heterocycles. The Morgan fingerprint density at radius 2 is 1.92 bits per heavy atom. The molecular formula is C15H12N2O6S. The van der Waals surface area contributed by atoms with Crippen LogP contribution in [0.5, 0.6) is 17.2 Å². The number of phenols is 1. The molecule has 0 spiro atoms. The van der Waals surface area contributed by atoms with Gasteiger partial charge >= 0.3 is 17.5 Å². The summed E-state index contributed by atoms with van der Waals surface area (Å²) in [6, 6.07) is 8.09. The number of benzene rings is 1. The summed E-state index contributed by atoms with van der Waals surface area (Å²) in [5.74, 6) is -0.221. The van der Waals surface area contributed by atoms with Gasteiger partial charge in [-0.05, 0) is 31.2 Å². The molecule has 0 saturated heterocycles. The summed E-state index contributed by atoms with van der Waals surface area (Å²) in [4.78, 5) is 17.7. The van der Waals surface area contributed by atoms with E-state index >= 15 is 0 Å². The third-order valence-electron chi connectivity index (χ3n) is 3.03. The number of rotatable bonds is 3. The molecule has 0 saturated carbocycles. The first-order valence-electron chi connectivity index (χ1n) is 6.56. The Morgan fingerprint density at radius 3 is 2.50 bits per heavy atom. The van der Waals surface area contributed by atoms with Crippen LogP contribution in [0.1, 0.15) is 16.2 Å². The summed E-state index contributed by atoms with van der Waals surface area (Å²) in [5.41, 5.74) is 1.24. The molecule has 1 aromatic carbocycles. The minimum Gasteiger partial charge on any atom is -0.506 e. The average molecular weight is 348 g/mol. The highest BCUT2D eigenvalue weighted by Gasteiger charge is 2.12. The molecule has 24 heavy (non-hydrogen) atoms. The molecular weight excluding hydrogens is 336 g/mol. The molecule has 0 radical (unpaired) electrons. The van der Waals surface area contributed by atoms with E-state index in [-0.39, 0.29) is 11.4 Å². The summed E-state index contributed by atoms with van der Waals surface area (Å²) in [6.45, 7) is 1.87. The van der Waals surface area contributed by atoms with Gasteiger partial charge in [0.05, 0.1) is 11.7 Å². The van der Waals surface area contributed by atoms with Gasteiger partial charge in [-0.1, -0.05) is 0 Å². The van der Waals surface area contributed by atoms with Crippen LogP contribution in [0.3, 0.4) is 0 Å². The largest absolute Gasteiger partial charge is 0.506 e. The highest BCUT2D eigenvalue weighted by molar-refractivity contribution is 7.51. The Morgan fingerprint density at radius 1 is 1.21 bits per heavy atom. The lowest BCUT2D eigenvalue weighted by Gasteiger charge is -2.06. The molecule has 3 rings (SSSR count). The van der Waals surface area contributed by atoms with Crippen molar-refractivity contribution in [3.05, 3.63) is 47.9 Å². The Balaban J connectivity index is 0.000000647. The smallest absolute Gasteiger partial charge is 0.352 e. The number of carboxylic acids is 1. The fraction of sp³-hybridized carbons (Fsp3) is 0.0667. The number of nitrogens with zero attached hydrogens (tertiary/aromatic N) is 1. The second kappa shape index (κ2) is 7.38. The van der Waals surface area contributed by atoms with Crippen molar-refractivity contribution in [3.8, 4) is 17.2 Å². The Hall–Kier alpha value is -3.20. The van der Waals surface area contributed by atoms with Crippen molar-refractivity contribution in [2.45, 2.75) is 6.92 Å². The summed E-state index contributed by atoms with van der Waals surface area (Å²) in [7, 11) is 0. The number of aromatic carboxylic acids is 1. The number of pyridine rings is 1. The second-order valence-corrected chi connectivity index (χ2v) is 4.84. The highest BCUT2D eigenvalue weighted by atomic mass is 32.1. The topological polar surface area (TPSA) is 130 Å². The minimum atomic E-state index is -1.09. The number of aromatic hydroxyl groups is 1. The quantitative estimate of drug-likeness (QED) is 0.662. The van der Waals surface area contributed by atoms with Gasteiger partial charge in [0, 0.05) is 17.1 Å². The summed E-state index contributed by atoms with van der Waals surface area (Å²) < 4.78 is 22.2. The fourth-order valence-corrected chi connectivity index (χ4v) is 2.02. The van der Waals surface area contributed by atoms with Crippen molar-refractivity contribution in [2.24, 2.45) is 0 Å². The fourth-order valence-electron chi connectivity index (χ4n) is 2.02. The zero-order valence-electron chi connectivity index (χ0n) is 12.3. The molecule has 0 aliphatic carbocycles. The number of hydrogen-bond donors (Lipinski definition) is 3. The first-order valence-corrected chi connectivity index (χ1v) is 7.22. The van der Waals surface area contributed by atoms with Gasteiger partial charge < -0.3 is 19.9 Å². The van der Waals surface area contributed by atoms with Gasteiger partial charge in [-0.3, -0.25) is 4.98 Å². The number of hydrogen-bond acceptors (Lipinski definition) is 6. The molecule has 3 aromatic rings. The van der Waals surface area contributed by atoms with Gasteiger partial charge in [0.1, 0.15) is 22.9 Å². The van der Waals surface area contributed by atoms with Crippen LogP contribution in [0.4, 0.5) is 0 Å². The third-order valence-corrected chi connectivity index (χ3v) is 3.03. The van der Waals surface area contributed by atoms with Crippen LogP contribution >= 0.6 is 0 Å². The lowest BCUT2D eigenvalue weighted by Crippen LogP contribution is -1.94. The Bertz CT molecular complexity index is 914. The van der Waals surface area contributed by atoms with Gasteiger partial charge in [-0.2, -0.15) is 8.42 Å². The van der Waals surface area contributed by atoms with Crippen molar-refractivity contribution >= 4 is 28.4 Å². The van der Waals surface area contributed by atoms with Crippen LogP contribution in [0.15, 0.2) is 36.5 Å². The van der Waals surface area contributed by atoms with E-state index in [4.69, 9.17) is 18.3 Å². The summed E-state index contributed by atoms with van der Waals surface area (Å²) >= 11 is -0.750. The Labute approximate surface area is 139 Å². The van der Waals surface area contributed by atoms with E-state index in [1.54, 1.807) is 18.3 Å². The van der Waals surface area contributed by atoms with Crippen molar-refractivity contribution in [1.82, 2.24) is 9.97 Å². The molecule has 0 unspecified atom stereocenters. The lowest BCUT2D eigenvalue weighted by atomic mass is 10.2. The van der Waals surface area contributed by atoms with Crippen LogP contribution in [0.25, 0.3) is 10.9 Å². The molecule has 124 valence electrons. The number of aromatic nitrogens is 2. The zero-order valence-corrected chi connectivity index (χ0v) is 13.2. The highest BCUT2D eigenvalue weighted by Crippen LogP contribution is 2.32. The molecule has 0 amide bonds. The lowest BCUT2D eigenvalue weighted by molar-refractivity contribution is 0.0691. The molecule has 0 fully saturated rings. The van der Waals surface area contributed by atoms with E-state index in [2.05, 4.69) is 9.97 Å². The first-order chi connectivity index (χ1) is 11.4. The van der Waals surface area contributed by atoms with Gasteiger partial charge in [0.25, 0.3) is 0 Å². The first kappa shape index (κ1) is 17.2. The van der Waals surface area contributed by atoms with E-state index in [1.165, 1.54) is 12.1 Å². The predicted octanol–water partition coefficient (Wildman–Crippen LogP) is 2.40. The SMILES string of the molecule is Cc1ccc(Oc2cc(O)c3[nH]c(C(=O)O)cc3c2)cn1.O=S=O. The van der Waals surface area contributed by atoms with Gasteiger partial charge in [0.2, 0.25) is 0 Å². The summed E-state index contributed by atoms with van der Waals surface area (Å²) in [5, 5.41) is 19.5. The van der Waals surface area contributed by atoms with Crippen molar-refractivity contribution in [2.75, 3.05) is 0 Å². The maximum Gasteiger partial charge on any atom is 0.352 e. The number of aromatic amines is 1. The standard InChI is InChI=1S/C15H12N2O4.O2S/c1-8-2-3-10(7-16-8)21-11-4-9-5-12(15(19)20)17-14(9)13(18)6-11;1-3-2/h2-7,17-18H,1H3,(H,19,20);. The van der Waals surface area contributed by atoms with Crippen LogP contribution in [0, 0.1) is 6.92 Å². The van der Waals surface area contributed by atoms with Crippen molar-refractivity contribution in [3.63, 3.8) is 0 Å². The van der Waals surface area contributed by atoms with E-state index in [1.807, 2.05) is 13.0 Å². The number of carbonyl (C=O) groups is 1.